The van der Waals surface area contributed by atoms with E-state index in [1.165, 1.54) is 19.2 Å². The lowest BCUT2D eigenvalue weighted by Gasteiger charge is -2.20. The Morgan fingerprint density at radius 3 is 2.57 bits per heavy atom. The van der Waals surface area contributed by atoms with E-state index >= 15 is 0 Å². The molecule has 1 N–H and O–H groups in total. The highest BCUT2D eigenvalue weighted by molar-refractivity contribution is 6.32. The number of aryl methyl sites for hydroxylation is 2. The molecule has 1 fully saturated rings. The fourth-order valence-electron chi connectivity index (χ4n) is 3.08. The predicted molar refractivity (Wildman–Crippen MR) is 103 cm³/mol. The van der Waals surface area contributed by atoms with Gasteiger partial charge in [0, 0.05) is 16.8 Å². The van der Waals surface area contributed by atoms with Crippen molar-refractivity contribution in [1.29, 1.82) is 0 Å². The van der Waals surface area contributed by atoms with Crippen LogP contribution in [0, 0.1) is 13.8 Å². The first-order valence-electron chi connectivity index (χ1n) is 8.52. The normalized spacial score (nSPS) is 16.4. The van der Waals surface area contributed by atoms with E-state index in [0.29, 0.717) is 27.7 Å². The highest BCUT2D eigenvalue weighted by atomic mass is 35.5. The maximum atomic E-state index is 12.9. The number of nitrogens with zero attached hydrogens (tertiary/aromatic N) is 1. The summed E-state index contributed by atoms with van der Waals surface area (Å²) < 4.78 is 5.28. The number of methoxy groups -OCH3 is 1. The third kappa shape index (κ3) is 3.53. The highest BCUT2D eigenvalue weighted by Gasteiger charge is 2.41. The van der Waals surface area contributed by atoms with Gasteiger partial charge >= 0.3 is 0 Å². The zero-order valence-corrected chi connectivity index (χ0v) is 16.3. The van der Waals surface area contributed by atoms with Crippen LogP contribution in [0.5, 0.6) is 5.75 Å². The van der Waals surface area contributed by atoms with Gasteiger partial charge in [0.15, 0.2) is 0 Å². The Hall–Kier alpha value is -3.06. The van der Waals surface area contributed by atoms with Crippen LogP contribution < -0.4 is 20.1 Å². The number of aromatic carboxylic acids is 1. The summed E-state index contributed by atoms with van der Waals surface area (Å²) in [7, 11) is 1.43. The van der Waals surface area contributed by atoms with Crippen molar-refractivity contribution in [3.05, 3.63) is 52.0 Å². The van der Waals surface area contributed by atoms with Gasteiger partial charge in [-0.05, 0) is 42.7 Å². The van der Waals surface area contributed by atoms with Crippen LogP contribution in [-0.4, -0.2) is 30.9 Å². The van der Waals surface area contributed by atoms with Crippen LogP contribution in [0.25, 0.3) is 0 Å². The second-order valence-corrected chi connectivity index (χ2v) is 6.97. The largest absolute Gasteiger partial charge is 0.545 e. The van der Waals surface area contributed by atoms with Crippen LogP contribution in [0.15, 0.2) is 30.3 Å². The van der Waals surface area contributed by atoms with E-state index in [1.807, 2.05) is 0 Å². The molecule has 0 unspecified atom stereocenters. The zero-order valence-electron chi connectivity index (χ0n) is 15.5. The monoisotopic (exact) mass is 401 g/mol. The van der Waals surface area contributed by atoms with Gasteiger partial charge in [-0.2, -0.15) is 0 Å². The molecule has 0 radical (unpaired) electrons. The van der Waals surface area contributed by atoms with Crippen LogP contribution >= 0.6 is 11.6 Å². The fourth-order valence-corrected chi connectivity index (χ4v) is 3.23. The Kier molecular flexibility index (Phi) is 5.29. The fraction of sp³-hybridized carbons (Fsp3) is 0.250. The summed E-state index contributed by atoms with van der Waals surface area (Å²) in [6.45, 7) is 3.53. The Balaban J connectivity index is 1.92. The van der Waals surface area contributed by atoms with Gasteiger partial charge in [0.05, 0.1) is 25.2 Å². The number of hydrogen-bond acceptors (Lipinski definition) is 6. The van der Waals surface area contributed by atoms with Gasteiger partial charge in [-0.15, -0.1) is 0 Å². The van der Waals surface area contributed by atoms with E-state index in [9.17, 15) is 19.5 Å². The van der Waals surface area contributed by atoms with E-state index in [1.54, 1.807) is 32.0 Å². The van der Waals surface area contributed by atoms with E-state index < -0.39 is 23.8 Å². The van der Waals surface area contributed by atoms with E-state index in [4.69, 9.17) is 16.3 Å². The summed E-state index contributed by atoms with van der Waals surface area (Å²) in [5, 5.41) is 14.5. The smallest absolute Gasteiger partial charge is 0.256 e. The number of anilines is 2. The van der Waals surface area contributed by atoms with Gasteiger partial charge in [0.25, 0.3) is 5.91 Å². The second-order valence-electron chi connectivity index (χ2n) is 6.56. The van der Waals surface area contributed by atoms with E-state index in [-0.39, 0.29) is 12.0 Å². The van der Waals surface area contributed by atoms with Gasteiger partial charge in [-0.3, -0.25) is 9.59 Å². The summed E-state index contributed by atoms with van der Waals surface area (Å²) in [5.74, 6) is -1.85. The van der Waals surface area contributed by atoms with Crippen molar-refractivity contribution in [1.82, 2.24) is 0 Å². The van der Waals surface area contributed by atoms with Crippen molar-refractivity contribution in [2.45, 2.75) is 26.3 Å². The van der Waals surface area contributed by atoms with Crippen molar-refractivity contribution >= 4 is 40.8 Å². The molecule has 28 heavy (non-hydrogen) atoms. The second kappa shape index (κ2) is 7.52. The lowest BCUT2D eigenvalue weighted by atomic mass is 10.1. The lowest BCUT2D eigenvalue weighted by molar-refractivity contribution is -0.255. The number of ether oxygens (including phenoxy) is 1. The number of carboxylic acid groups (broad SMARTS) is 1. The number of hydrogen-bond donors (Lipinski definition) is 1. The molecule has 1 aliphatic heterocycles. The van der Waals surface area contributed by atoms with Crippen molar-refractivity contribution in [3.63, 3.8) is 0 Å². The molecule has 1 heterocycles. The quantitative estimate of drug-likeness (QED) is 0.770. The minimum atomic E-state index is -1.32. The Morgan fingerprint density at radius 2 is 1.93 bits per heavy atom. The molecular formula is C20H18ClN2O5-. The van der Waals surface area contributed by atoms with Crippen LogP contribution in [0.1, 0.15) is 27.9 Å². The molecule has 1 atom stereocenters. The molecule has 146 valence electrons. The Bertz CT molecular complexity index is 989. The molecule has 1 aliphatic rings. The highest BCUT2D eigenvalue weighted by Crippen LogP contribution is 2.37. The van der Waals surface area contributed by atoms with Gasteiger partial charge in [0.1, 0.15) is 11.8 Å². The SMILES string of the molecule is COc1cc(Cl)c(C)cc1N1C(=O)C[C@H](Nc2cc(C(=O)[O-])ccc2C)C1=O. The number of benzene rings is 2. The molecular weight excluding hydrogens is 384 g/mol. The van der Waals surface area contributed by atoms with Gasteiger partial charge < -0.3 is 20.0 Å². The average molecular weight is 402 g/mol. The molecule has 3 rings (SSSR count). The van der Waals surface area contributed by atoms with Crippen LogP contribution in [0.3, 0.4) is 0 Å². The molecule has 2 amide bonds. The molecule has 7 nitrogen and oxygen atoms in total. The van der Waals surface area contributed by atoms with Crippen LogP contribution in [0.2, 0.25) is 5.02 Å². The first-order valence-corrected chi connectivity index (χ1v) is 8.90. The molecule has 1 saturated heterocycles. The molecule has 2 aromatic carbocycles. The Labute approximate surface area is 166 Å². The number of carboxylic acids is 1. The molecule has 0 saturated carbocycles. The number of halogens is 1. The molecule has 0 aliphatic carbocycles. The topological polar surface area (TPSA) is 98.8 Å². The minimum absolute atomic E-state index is 0.0169. The number of nitrogens with one attached hydrogen (secondary N) is 1. The van der Waals surface area contributed by atoms with Crippen LogP contribution in [-0.2, 0) is 9.59 Å². The average Bonchev–Trinajstić information content (AvgIpc) is 2.92. The maximum absolute atomic E-state index is 12.9. The van der Waals surface area contributed by atoms with E-state index in [0.717, 1.165) is 10.5 Å². The summed E-state index contributed by atoms with van der Waals surface area (Å²) >= 11 is 6.10. The van der Waals surface area contributed by atoms with E-state index in [2.05, 4.69) is 5.32 Å². The summed E-state index contributed by atoms with van der Waals surface area (Å²) in [5.41, 5.74) is 2.20. The predicted octanol–water partition coefficient (Wildman–Crippen LogP) is 2.07. The number of imide groups is 1. The van der Waals surface area contributed by atoms with Gasteiger partial charge in [-0.25, -0.2) is 4.90 Å². The molecule has 0 aromatic heterocycles. The van der Waals surface area contributed by atoms with Crippen molar-refractivity contribution in [2.75, 3.05) is 17.3 Å². The number of rotatable bonds is 5. The van der Waals surface area contributed by atoms with Gasteiger partial charge in [0.2, 0.25) is 5.91 Å². The third-order valence-corrected chi connectivity index (χ3v) is 5.06. The first-order chi connectivity index (χ1) is 13.2. The van der Waals surface area contributed by atoms with Crippen molar-refractivity contribution < 1.29 is 24.2 Å². The summed E-state index contributed by atoms with van der Waals surface area (Å²) in [6, 6.07) is 6.77. The number of carbonyl (C=O) groups excluding carboxylic acids is 3. The first kappa shape index (κ1) is 19.7. The van der Waals surface area contributed by atoms with Gasteiger partial charge in [-0.1, -0.05) is 23.7 Å². The molecule has 2 aromatic rings. The summed E-state index contributed by atoms with van der Waals surface area (Å²) in [4.78, 5) is 37.7. The number of amides is 2. The van der Waals surface area contributed by atoms with Crippen molar-refractivity contribution in [3.8, 4) is 5.75 Å². The Morgan fingerprint density at radius 1 is 1.21 bits per heavy atom. The van der Waals surface area contributed by atoms with Crippen molar-refractivity contribution in [2.24, 2.45) is 0 Å². The lowest BCUT2D eigenvalue weighted by Crippen LogP contribution is -2.35. The minimum Gasteiger partial charge on any atom is -0.545 e. The number of carbonyl (C=O) groups is 3. The summed E-state index contributed by atoms with van der Waals surface area (Å²) in [6.07, 6.45) is -0.0708. The van der Waals surface area contributed by atoms with Crippen LogP contribution in [0.4, 0.5) is 11.4 Å². The third-order valence-electron chi connectivity index (χ3n) is 4.65. The molecule has 0 spiro atoms. The zero-order chi connectivity index (χ0) is 20.6. The maximum Gasteiger partial charge on any atom is 0.256 e. The molecule has 8 heteroatoms. The standard InChI is InChI=1S/C20H19ClN2O5/c1-10-4-5-12(20(26)27)7-14(10)22-15-9-18(24)23(19(15)25)16-6-11(2)13(21)8-17(16)28-3/h4-8,15,22H,9H2,1-3H3,(H,26,27)/p-1/t15-/m0/s1. The molecule has 0 bridgehead atoms.